The van der Waals surface area contributed by atoms with Crippen LogP contribution in [0.25, 0.3) is 0 Å². The zero-order valence-electron chi connectivity index (χ0n) is 9.82. The Morgan fingerprint density at radius 1 is 1.29 bits per heavy atom. The lowest BCUT2D eigenvalue weighted by atomic mass is 9.96. The van der Waals surface area contributed by atoms with E-state index >= 15 is 0 Å². The van der Waals surface area contributed by atoms with E-state index in [2.05, 4.69) is 10.4 Å². The van der Waals surface area contributed by atoms with E-state index in [0.717, 1.165) is 24.2 Å². The number of hydrazine groups is 1. The average Bonchev–Trinajstić information content (AvgIpc) is 2.37. The van der Waals surface area contributed by atoms with Crippen LogP contribution in [0.1, 0.15) is 37.7 Å². The van der Waals surface area contributed by atoms with Gasteiger partial charge in [0.25, 0.3) is 0 Å². The van der Waals surface area contributed by atoms with Crippen molar-refractivity contribution in [1.82, 2.24) is 5.43 Å². The highest BCUT2D eigenvalue weighted by atomic mass is 35.5. The molecular weight excluding hydrogens is 234 g/mol. The molecule has 2 rings (SSSR count). The Morgan fingerprint density at radius 2 is 2.06 bits per heavy atom. The lowest BCUT2D eigenvalue weighted by Gasteiger charge is -2.19. The molecule has 1 fully saturated rings. The standard InChI is InChI=1S/C13H18ClN3/c14-11-6-4-5-10(9-11)13(17-15)16-12-7-2-1-3-8-12/h4-6,9,12H,1-3,7-8,15H2,(H,16,17). The third kappa shape index (κ3) is 3.45. The van der Waals surface area contributed by atoms with Crippen LogP contribution in [-0.4, -0.2) is 11.9 Å². The maximum Gasteiger partial charge on any atom is 0.142 e. The number of halogens is 1. The zero-order chi connectivity index (χ0) is 12.1. The number of nitrogens with two attached hydrogens (primary N) is 1. The summed E-state index contributed by atoms with van der Waals surface area (Å²) >= 11 is 5.97. The molecule has 17 heavy (non-hydrogen) atoms. The van der Waals surface area contributed by atoms with E-state index in [4.69, 9.17) is 17.4 Å². The molecule has 0 aliphatic heterocycles. The summed E-state index contributed by atoms with van der Waals surface area (Å²) in [6.45, 7) is 0. The van der Waals surface area contributed by atoms with E-state index in [0.29, 0.717) is 11.1 Å². The van der Waals surface area contributed by atoms with Crippen LogP contribution >= 0.6 is 11.6 Å². The minimum atomic E-state index is 0.397. The maximum atomic E-state index is 5.97. The second-order valence-corrected chi connectivity index (χ2v) is 4.86. The van der Waals surface area contributed by atoms with Crippen LogP contribution in [-0.2, 0) is 0 Å². The van der Waals surface area contributed by atoms with Crippen LogP contribution in [0.15, 0.2) is 29.3 Å². The number of hydrogen-bond donors (Lipinski definition) is 2. The molecule has 0 unspecified atom stereocenters. The molecule has 0 saturated heterocycles. The van der Waals surface area contributed by atoms with E-state index < -0.39 is 0 Å². The molecule has 1 aliphatic rings. The number of amidine groups is 1. The van der Waals surface area contributed by atoms with Crippen molar-refractivity contribution < 1.29 is 0 Å². The summed E-state index contributed by atoms with van der Waals surface area (Å²) in [7, 11) is 0. The van der Waals surface area contributed by atoms with Gasteiger partial charge in [-0.1, -0.05) is 43.0 Å². The minimum Gasteiger partial charge on any atom is -0.308 e. The molecule has 1 saturated carbocycles. The fraction of sp³-hybridized carbons (Fsp3) is 0.462. The summed E-state index contributed by atoms with van der Waals surface area (Å²) in [6.07, 6.45) is 6.18. The molecule has 3 N–H and O–H groups in total. The Balaban J connectivity index is 2.17. The number of rotatable bonds is 2. The Labute approximate surface area is 107 Å². The van der Waals surface area contributed by atoms with Gasteiger partial charge in [-0.3, -0.25) is 4.99 Å². The molecule has 3 nitrogen and oxygen atoms in total. The summed E-state index contributed by atoms with van der Waals surface area (Å²) in [4.78, 5) is 4.69. The Morgan fingerprint density at radius 3 is 2.71 bits per heavy atom. The summed E-state index contributed by atoms with van der Waals surface area (Å²) in [5.74, 6) is 6.28. The number of nitrogens with one attached hydrogen (secondary N) is 1. The van der Waals surface area contributed by atoms with E-state index in [1.807, 2.05) is 24.3 Å². The van der Waals surface area contributed by atoms with Gasteiger partial charge in [0.05, 0.1) is 6.04 Å². The van der Waals surface area contributed by atoms with Crippen molar-refractivity contribution in [2.75, 3.05) is 0 Å². The monoisotopic (exact) mass is 251 g/mol. The van der Waals surface area contributed by atoms with Gasteiger partial charge in [0, 0.05) is 10.6 Å². The summed E-state index contributed by atoms with van der Waals surface area (Å²) in [5, 5.41) is 0.703. The molecular formula is C13H18ClN3. The first kappa shape index (κ1) is 12.4. The molecule has 1 aromatic carbocycles. The van der Waals surface area contributed by atoms with Gasteiger partial charge in [-0.25, -0.2) is 5.84 Å². The van der Waals surface area contributed by atoms with E-state index in [1.165, 1.54) is 19.3 Å². The third-order valence-corrected chi connectivity index (χ3v) is 3.36. The molecule has 0 amide bonds. The van der Waals surface area contributed by atoms with Crippen molar-refractivity contribution in [2.24, 2.45) is 10.8 Å². The van der Waals surface area contributed by atoms with Gasteiger partial charge in [-0.05, 0) is 25.0 Å². The van der Waals surface area contributed by atoms with Gasteiger partial charge in [-0.2, -0.15) is 0 Å². The lowest BCUT2D eigenvalue weighted by Crippen LogP contribution is -2.32. The van der Waals surface area contributed by atoms with Gasteiger partial charge in [0.1, 0.15) is 5.84 Å². The summed E-state index contributed by atoms with van der Waals surface area (Å²) < 4.78 is 0. The largest absolute Gasteiger partial charge is 0.308 e. The first-order valence-electron chi connectivity index (χ1n) is 6.10. The first-order chi connectivity index (χ1) is 8.29. The maximum absolute atomic E-state index is 5.97. The first-order valence-corrected chi connectivity index (χ1v) is 6.48. The van der Waals surface area contributed by atoms with Gasteiger partial charge < -0.3 is 5.43 Å². The summed E-state index contributed by atoms with van der Waals surface area (Å²) in [6, 6.07) is 8.00. The Hall–Kier alpha value is -1.06. The predicted octanol–water partition coefficient (Wildman–Crippen LogP) is 2.88. The third-order valence-electron chi connectivity index (χ3n) is 3.12. The van der Waals surface area contributed by atoms with Crippen molar-refractivity contribution in [3.8, 4) is 0 Å². The zero-order valence-corrected chi connectivity index (χ0v) is 10.6. The molecule has 0 bridgehead atoms. The second kappa shape index (κ2) is 6.03. The molecule has 0 aromatic heterocycles. The van der Waals surface area contributed by atoms with Crippen molar-refractivity contribution in [1.29, 1.82) is 0 Å². The van der Waals surface area contributed by atoms with Gasteiger partial charge in [-0.15, -0.1) is 0 Å². The number of hydrogen-bond acceptors (Lipinski definition) is 2. The molecule has 1 aromatic rings. The molecule has 92 valence electrons. The predicted molar refractivity (Wildman–Crippen MR) is 72.2 cm³/mol. The van der Waals surface area contributed by atoms with Crippen LogP contribution in [0.3, 0.4) is 0 Å². The van der Waals surface area contributed by atoms with Crippen LogP contribution < -0.4 is 11.3 Å². The number of benzene rings is 1. The molecule has 1 aliphatic carbocycles. The second-order valence-electron chi connectivity index (χ2n) is 4.42. The van der Waals surface area contributed by atoms with Crippen LogP contribution in [0.2, 0.25) is 5.02 Å². The fourth-order valence-electron chi connectivity index (χ4n) is 2.22. The molecule has 0 radical (unpaired) electrons. The van der Waals surface area contributed by atoms with Crippen molar-refractivity contribution in [3.05, 3.63) is 34.9 Å². The number of nitrogens with zero attached hydrogens (tertiary/aromatic N) is 1. The highest BCUT2D eigenvalue weighted by Crippen LogP contribution is 2.21. The topological polar surface area (TPSA) is 50.4 Å². The normalized spacial score (nSPS) is 18.1. The van der Waals surface area contributed by atoms with Gasteiger partial charge in [0.15, 0.2) is 0 Å². The number of aliphatic imine (C=N–C) groups is 1. The van der Waals surface area contributed by atoms with Crippen LogP contribution in [0.4, 0.5) is 0 Å². The molecule has 0 heterocycles. The molecule has 4 heteroatoms. The average molecular weight is 252 g/mol. The van der Waals surface area contributed by atoms with Crippen LogP contribution in [0, 0.1) is 0 Å². The van der Waals surface area contributed by atoms with Crippen molar-refractivity contribution >= 4 is 17.4 Å². The fourth-order valence-corrected chi connectivity index (χ4v) is 2.41. The van der Waals surface area contributed by atoms with E-state index in [1.54, 1.807) is 0 Å². The molecule has 0 spiro atoms. The van der Waals surface area contributed by atoms with Crippen molar-refractivity contribution in [3.63, 3.8) is 0 Å². The molecule has 0 atom stereocenters. The van der Waals surface area contributed by atoms with Gasteiger partial charge in [0.2, 0.25) is 0 Å². The highest BCUT2D eigenvalue weighted by molar-refractivity contribution is 6.31. The van der Waals surface area contributed by atoms with Gasteiger partial charge >= 0.3 is 0 Å². The van der Waals surface area contributed by atoms with E-state index in [-0.39, 0.29) is 0 Å². The summed E-state index contributed by atoms with van der Waals surface area (Å²) in [5.41, 5.74) is 3.63. The smallest absolute Gasteiger partial charge is 0.142 e. The SMILES string of the molecule is NNC(=NC1CCCCC1)c1cccc(Cl)c1. The van der Waals surface area contributed by atoms with Crippen molar-refractivity contribution in [2.45, 2.75) is 38.1 Å². The Kier molecular flexibility index (Phi) is 4.40. The van der Waals surface area contributed by atoms with Crippen LogP contribution in [0.5, 0.6) is 0 Å². The quantitative estimate of drug-likeness (QED) is 0.368. The minimum absolute atomic E-state index is 0.397. The van der Waals surface area contributed by atoms with E-state index in [9.17, 15) is 0 Å². The lowest BCUT2D eigenvalue weighted by molar-refractivity contribution is 0.442. The Bertz CT molecular complexity index is 397. The highest BCUT2D eigenvalue weighted by Gasteiger charge is 2.13.